The number of nitrogens with zero attached hydrogens (tertiary/aromatic N) is 3. The molecule has 0 N–H and O–H groups in total. The van der Waals surface area contributed by atoms with Gasteiger partial charge in [-0.25, -0.2) is 9.37 Å². The Kier molecular flexibility index (Phi) is 4.26. The fourth-order valence-corrected chi connectivity index (χ4v) is 3.75. The highest BCUT2D eigenvalue weighted by Gasteiger charge is 2.10. The van der Waals surface area contributed by atoms with Gasteiger partial charge in [-0.05, 0) is 31.5 Å². The third-order valence-electron chi connectivity index (χ3n) is 3.22. The Labute approximate surface area is 135 Å². The molecule has 3 aromatic rings. The number of benzene rings is 1. The first-order valence-electron chi connectivity index (χ1n) is 6.76. The van der Waals surface area contributed by atoms with Crippen LogP contribution in [0.25, 0.3) is 4.96 Å². The third kappa shape index (κ3) is 3.20. The lowest BCUT2D eigenvalue weighted by molar-refractivity contribution is 0.627. The molecule has 1 atom stereocenters. The first-order valence-corrected chi connectivity index (χ1v) is 8.63. The Balaban J connectivity index is 1.76. The van der Waals surface area contributed by atoms with Gasteiger partial charge in [0.25, 0.3) is 5.56 Å². The van der Waals surface area contributed by atoms with Crippen LogP contribution in [-0.4, -0.2) is 14.6 Å². The van der Waals surface area contributed by atoms with E-state index in [-0.39, 0.29) is 16.6 Å². The summed E-state index contributed by atoms with van der Waals surface area (Å²) in [5, 5.41) is 5.13. The average Bonchev–Trinajstić information content (AvgIpc) is 2.86. The van der Waals surface area contributed by atoms with Crippen molar-refractivity contribution in [2.75, 3.05) is 0 Å². The van der Waals surface area contributed by atoms with Gasteiger partial charge in [0.1, 0.15) is 10.8 Å². The predicted molar refractivity (Wildman–Crippen MR) is 88.0 cm³/mol. The average molecular weight is 335 g/mol. The van der Waals surface area contributed by atoms with E-state index in [1.54, 1.807) is 23.9 Å². The molecule has 0 amide bonds. The van der Waals surface area contributed by atoms with Crippen LogP contribution in [0.4, 0.5) is 4.39 Å². The van der Waals surface area contributed by atoms with Crippen LogP contribution < -0.4 is 5.56 Å². The van der Waals surface area contributed by atoms with Gasteiger partial charge in [0, 0.05) is 17.1 Å². The van der Waals surface area contributed by atoms with Crippen molar-refractivity contribution in [3.8, 4) is 0 Å². The predicted octanol–water partition coefficient (Wildman–Crippen LogP) is 3.59. The van der Waals surface area contributed by atoms with Crippen molar-refractivity contribution in [1.29, 1.82) is 0 Å². The van der Waals surface area contributed by atoms with Crippen LogP contribution in [0, 0.1) is 12.7 Å². The van der Waals surface area contributed by atoms with Crippen molar-refractivity contribution < 1.29 is 4.39 Å². The number of aryl methyl sites for hydroxylation is 1. The van der Waals surface area contributed by atoms with Gasteiger partial charge in [0.2, 0.25) is 4.96 Å². The SMILES string of the molecule is Cc1nn2c(=O)cc(CS[C@@H](C)c3ccc(F)cc3)nc2s1. The van der Waals surface area contributed by atoms with Gasteiger partial charge in [-0.3, -0.25) is 4.79 Å². The van der Waals surface area contributed by atoms with Gasteiger partial charge < -0.3 is 0 Å². The fraction of sp³-hybridized carbons (Fsp3) is 0.267. The van der Waals surface area contributed by atoms with E-state index >= 15 is 0 Å². The zero-order valence-electron chi connectivity index (χ0n) is 12.1. The summed E-state index contributed by atoms with van der Waals surface area (Å²) >= 11 is 3.07. The summed E-state index contributed by atoms with van der Waals surface area (Å²) in [6.45, 7) is 3.91. The Morgan fingerprint density at radius 1 is 1.36 bits per heavy atom. The molecule has 0 radical (unpaired) electrons. The second-order valence-electron chi connectivity index (χ2n) is 4.91. The summed E-state index contributed by atoms with van der Waals surface area (Å²) in [5.74, 6) is 0.392. The highest BCUT2D eigenvalue weighted by atomic mass is 32.2. The number of fused-ring (bicyclic) bond motifs is 1. The van der Waals surface area contributed by atoms with Crippen LogP contribution in [0.1, 0.15) is 28.4 Å². The molecule has 22 heavy (non-hydrogen) atoms. The summed E-state index contributed by atoms with van der Waals surface area (Å²) in [7, 11) is 0. The van der Waals surface area contributed by atoms with Crippen LogP contribution >= 0.6 is 23.1 Å². The van der Waals surface area contributed by atoms with Crippen LogP contribution in [0.2, 0.25) is 0 Å². The van der Waals surface area contributed by atoms with Crippen molar-refractivity contribution in [2.45, 2.75) is 24.9 Å². The molecule has 0 bridgehead atoms. The van der Waals surface area contributed by atoms with Crippen molar-refractivity contribution in [3.05, 3.63) is 62.8 Å². The Bertz CT molecular complexity index is 857. The number of rotatable bonds is 4. The van der Waals surface area contributed by atoms with Crippen LogP contribution in [0.3, 0.4) is 0 Å². The molecular weight excluding hydrogens is 321 g/mol. The normalized spacial score (nSPS) is 12.7. The van der Waals surface area contributed by atoms with Crippen molar-refractivity contribution in [1.82, 2.24) is 14.6 Å². The van der Waals surface area contributed by atoms with Gasteiger partial charge in [0.05, 0.1) is 5.69 Å². The lowest BCUT2D eigenvalue weighted by Gasteiger charge is -2.11. The van der Waals surface area contributed by atoms with E-state index < -0.39 is 0 Å². The van der Waals surface area contributed by atoms with Gasteiger partial charge >= 0.3 is 0 Å². The maximum absolute atomic E-state index is 12.9. The topological polar surface area (TPSA) is 47.3 Å². The number of aromatic nitrogens is 3. The lowest BCUT2D eigenvalue weighted by atomic mass is 10.2. The molecule has 0 spiro atoms. The van der Waals surface area contributed by atoms with Crippen molar-refractivity contribution in [2.24, 2.45) is 0 Å². The summed E-state index contributed by atoms with van der Waals surface area (Å²) in [4.78, 5) is 17.1. The van der Waals surface area contributed by atoms with E-state index in [0.29, 0.717) is 10.7 Å². The molecule has 2 aromatic heterocycles. The van der Waals surface area contributed by atoms with E-state index in [2.05, 4.69) is 17.0 Å². The quantitative estimate of drug-likeness (QED) is 0.731. The molecule has 0 fully saturated rings. The molecule has 2 heterocycles. The van der Waals surface area contributed by atoms with Gasteiger partial charge in [-0.15, -0.1) is 11.8 Å². The summed E-state index contributed by atoms with van der Waals surface area (Å²) in [6, 6.07) is 8.01. The van der Waals surface area contributed by atoms with Gasteiger partial charge in [0.15, 0.2) is 0 Å². The fourth-order valence-electron chi connectivity index (χ4n) is 2.07. The number of hydrogen-bond donors (Lipinski definition) is 0. The smallest absolute Gasteiger partial charge is 0.267 e. The molecule has 0 aliphatic rings. The number of hydrogen-bond acceptors (Lipinski definition) is 5. The molecule has 0 saturated carbocycles. The van der Waals surface area contributed by atoms with Gasteiger partial charge in [-0.1, -0.05) is 23.5 Å². The molecule has 0 aliphatic carbocycles. The molecule has 0 unspecified atom stereocenters. The maximum Gasteiger partial charge on any atom is 0.275 e. The molecule has 114 valence electrons. The van der Waals surface area contributed by atoms with E-state index in [1.807, 2.05) is 6.92 Å². The zero-order chi connectivity index (χ0) is 15.7. The number of halogens is 1. The molecule has 7 heteroatoms. The summed E-state index contributed by atoms with van der Waals surface area (Å²) < 4.78 is 14.3. The maximum atomic E-state index is 12.9. The van der Waals surface area contributed by atoms with E-state index in [0.717, 1.165) is 16.3 Å². The number of thioether (sulfide) groups is 1. The van der Waals surface area contributed by atoms with Crippen molar-refractivity contribution >= 4 is 28.1 Å². The Morgan fingerprint density at radius 3 is 2.82 bits per heavy atom. The second-order valence-corrected chi connectivity index (χ2v) is 7.40. The molecule has 4 nitrogen and oxygen atoms in total. The van der Waals surface area contributed by atoms with E-state index in [1.165, 1.54) is 34.1 Å². The lowest BCUT2D eigenvalue weighted by Crippen LogP contribution is -2.15. The highest BCUT2D eigenvalue weighted by molar-refractivity contribution is 7.98. The minimum absolute atomic E-state index is 0.153. The van der Waals surface area contributed by atoms with E-state index in [4.69, 9.17) is 0 Å². The van der Waals surface area contributed by atoms with Crippen LogP contribution in [-0.2, 0) is 5.75 Å². The summed E-state index contributed by atoms with van der Waals surface area (Å²) in [6.07, 6.45) is 0. The van der Waals surface area contributed by atoms with Crippen LogP contribution in [0.5, 0.6) is 0 Å². The Morgan fingerprint density at radius 2 is 2.09 bits per heavy atom. The largest absolute Gasteiger partial charge is 0.275 e. The molecular formula is C15H14FN3OS2. The van der Waals surface area contributed by atoms with Gasteiger partial charge in [-0.2, -0.15) is 9.61 Å². The van der Waals surface area contributed by atoms with E-state index in [9.17, 15) is 9.18 Å². The zero-order valence-corrected chi connectivity index (χ0v) is 13.7. The first-order chi connectivity index (χ1) is 10.5. The molecule has 3 rings (SSSR count). The highest BCUT2D eigenvalue weighted by Crippen LogP contribution is 2.30. The minimum Gasteiger partial charge on any atom is -0.267 e. The van der Waals surface area contributed by atoms with Crippen LogP contribution in [0.15, 0.2) is 35.1 Å². The second kappa shape index (κ2) is 6.18. The summed E-state index contributed by atoms with van der Waals surface area (Å²) in [5.41, 5.74) is 1.64. The third-order valence-corrected chi connectivity index (χ3v) is 5.28. The minimum atomic E-state index is -0.235. The molecule has 0 aliphatic heterocycles. The Hall–Kier alpha value is -1.73. The standard InChI is InChI=1S/C15H14FN3OS2/c1-9(11-3-5-12(16)6-4-11)21-8-13-7-14(20)19-15(17-13)22-10(2)18-19/h3-7,9H,8H2,1-2H3/t9-/m0/s1. The van der Waals surface area contributed by atoms with Crippen molar-refractivity contribution in [3.63, 3.8) is 0 Å². The molecule has 0 saturated heterocycles. The first kappa shape index (κ1) is 15.2. The molecule has 1 aromatic carbocycles. The monoisotopic (exact) mass is 335 g/mol.